The Morgan fingerprint density at radius 3 is 2.63 bits per heavy atom. The molecule has 3 aromatic rings. The molecule has 13 heteroatoms. The Hall–Kier alpha value is -5.03. The maximum Gasteiger partial charge on any atom is 0.242 e. The number of hydrogen-bond acceptors (Lipinski definition) is 10. The van der Waals surface area contributed by atoms with Crippen LogP contribution in [0.3, 0.4) is 0 Å². The Morgan fingerprint density at radius 2 is 1.92 bits per heavy atom. The molecule has 3 aromatic carbocycles. The Balaban J connectivity index is 1.31. The lowest BCUT2D eigenvalue weighted by Gasteiger charge is -2.60. The van der Waals surface area contributed by atoms with E-state index in [1.807, 2.05) is 51.2 Å². The molecule has 12 nitrogen and oxygen atoms in total. The van der Waals surface area contributed by atoms with E-state index in [-0.39, 0.29) is 49.7 Å². The number of aromatic hydroxyl groups is 1. The standard InChI is InChI=1S/C39H44N6O6S/c1-7-13-49-35-21(3)36-37(51-19-50-36)31-25(35)16-27-32-30-23(14-20(2)34(48-6)33(30)46)15-26(44(32)5)28(17-40)45(27)29(31)18-41-38(47)22(4)42-39(52)43-24-11-9-8-10-12-24/h7-12,14,22,26-29,32,46H,1,13,15-16,18-19H2,2-6H3,(H,41,47)(H2,42,43,52)/t22-,26-,27?,28+,29+,32?/m1/s1. The van der Waals surface area contributed by atoms with E-state index in [0.29, 0.717) is 41.0 Å². The first-order valence-corrected chi connectivity index (χ1v) is 17.9. The summed E-state index contributed by atoms with van der Waals surface area (Å²) in [4.78, 5) is 18.2. The van der Waals surface area contributed by atoms with Crippen LogP contribution in [0.25, 0.3) is 0 Å². The van der Waals surface area contributed by atoms with Gasteiger partial charge in [-0.15, -0.1) is 0 Å². The van der Waals surface area contributed by atoms with E-state index in [4.69, 9.17) is 31.2 Å². The number of piperazine rings is 1. The minimum Gasteiger partial charge on any atom is -0.504 e. The van der Waals surface area contributed by atoms with Crippen LogP contribution in [0.2, 0.25) is 0 Å². The average Bonchev–Trinajstić information content (AvgIpc) is 3.62. The maximum atomic E-state index is 13.8. The van der Waals surface area contributed by atoms with Gasteiger partial charge in [0.15, 0.2) is 28.1 Å². The number of para-hydroxylation sites is 1. The van der Waals surface area contributed by atoms with Crippen LogP contribution in [0.4, 0.5) is 5.69 Å². The minimum atomic E-state index is -0.671. The summed E-state index contributed by atoms with van der Waals surface area (Å²) in [6, 6.07) is 11.7. The van der Waals surface area contributed by atoms with Gasteiger partial charge in [0, 0.05) is 46.6 Å². The smallest absolute Gasteiger partial charge is 0.242 e. The highest BCUT2D eigenvalue weighted by atomic mass is 32.1. The average molecular weight is 725 g/mol. The van der Waals surface area contributed by atoms with Crippen molar-refractivity contribution in [2.45, 2.75) is 69.9 Å². The van der Waals surface area contributed by atoms with Crippen molar-refractivity contribution in [3.05, 3.63) is 82.4 Å². The minimum absolute atomic E-state index is 0.0406. The first kappa shape index (κ1) is 35.4. The number of nitrogens with one attached hydrogen (secondary N) is 3. The van der Waals surface area contributed by atoms with Gasteiger partial charge in [0.2, 0.25) is 12.7 Å². The number of benzene rings is 3. The molecule has 6 atom stereocenters. The Kier molecular flexibility index (Phi) is 9.65. The molecule has 1 fully saturated rings. The number of hydrogen-bond donors (Lipinski definition) is 4. The monoisotopic (exact) mass is 724 g/mol. The molecule has 4 N–H and O–H groups in total. The molecule has 4 aliphatic heterocycles. The molecular formula is C39H44N6O6S. The molecular weight excluding hydrogens is 681 g/mol. The molecule has 2 bridgehead atoms. The molecule has 52 heavy (non-hydrogen) atoms. The zero-order chi connectivity index (χ0) is 36.8. The van der Waals surface area contributed by atoms with Gasteiger partial charge in [-0.3, -0.25) is 14.6 Å². The van der Waals surface area contributed by atoms with Crippen molar-refractivity contribution in [1.82, 2.24) is 20.4 Å². The maximum absolute atomic E-state index is 13.8. The molecule has 4 aliphatic rings. The first-order chi connectivity index (χ1) is 25.1. The first-order valence-electron chi connectivity index (χ1n) is 17.5. The zero-order valence-electron chi connectivity index (χ0n) is 30.0. The number of nitriles is 1. The Labute approximate surface area is 309 Å². The number of likely N-dealkylation sites (N-methyl/N-ethyl adjacent to an activating group) is 1. The normalized spacial score (nSPS) is 23.2. The summed E-state index contributed by atoms with van der Waals surface area (Å²) in [7, 11) is 3.59. The van der Waals surface area contributed by atoms with E-state index < -0.39 is 18.1 Å². The van der Waals surface area contributed by atoms with E-state index in [0.717, 1.165) is 39.1 Å². The van der Waals surface area contributed by atoms with Crippen LogP contribution in [-0.2, 0) is 17.6 Å². The lowest BCUT2D eigenvalue weighted by Crippen LogP contribution is -2.69. The second-order valence-corrected chi connectivity index (χ2v) is 14.2. The quantitative estimate of drug-likeness (QED) is 0.182. The summed E-state index contributed by atoms with van der Waals surface area (Å²) in [6.07, 6.45) is 2.74. The summed E-state index contributed by atoms with van der Waals surface area (Å²) in [5.41, 5.74) is 5.99. The van der Waals surface area contributed by atoms with Gasteiger partial charge in [-0.2, -0.15) is 5.26 Å². The van der Waals surface area contributed by atoms with E-state index in [1.54, 1.807) is 20.1 Å². The van der Waals surface area contributed by atoms with E-state index in [1.165, 1.54) is 0 Å². The van der Waals surface area contributed by atoms with Crippen LogP contribution < -0.4 is 34.9 Å². The van der Waals surface area contributed by atoms with Crippen molar-refractivity contribution in [3.8, 4) is 34.8 Å². The van der Waals surface area contributed by atoms with Crippen LogP contribution in [0, 0.1) is 25.2 Å². The van der Waals surface area contributed by atoms with Crippen LogP contribution in [0.15, 0.2) is 49.1 Å². The van der Waals surface area contributed by atoms with Gasteiger partial charge in [-0.25, -0.2) is 0 Å². The van der Waals surface area contributed by atoms with Crippen LogP contribution >= 0.6 is 12.2 Å². The number of nitrogens with zero attached hydrogens (tertiary/aromatic N) is 3. The number of ether oxygens (including phenoxy) is 4. The number of amides is 1. The number of phenolic OH excluding ortho intramolecular Hbond substituents is 1. The molecule has 0 spiro atoms. The van der Waals surface area contributed by atoms with Gasteiger partial charge >= 0.3 is 0 Å². The van der Waals surface area contributed by atoms with Crippen molar-refractivity contribution < 1.29 is 28.8 Å². The van der Waals surface area contributed by atoms with Crippen LogP contribution in [-0.4, -0.2) is 84.2 Å². The third-order valence-corrected chi connectivity index (χ3v) is 11.1. The molecule has 7 rings (SSSR count). The second-order valence-electron chi connectivity index (χ2n) is 13.8. The highest BCUT2D eigenvalue weighted by molar-refractivity contribution is 7.80. The number of anilines is 1. The third kappa shape index (κ3) is 5.84. The van der Waals surface area contributed by atoms with E-state index in [9.17, 15) is 15.2 Å². The molecule has 272 valence electrons. The summed E-state index contributed by atoms with van der Waals surface area (Å²) in [5, 5.41) is 32.4. The fourth-order valence-electron chi connectivity index (χ4n) is 8.67. The molecule has 0 aromatic heterocycles. The van der Waals surface area contributed by atoms with Crippen LogP contribution in [0.1, 0.15) is 52.4 Å². The summed E-state index contributed by atoms with van der Waals surface area (Å²) >= 11 is 5.51. The Bertz CT molecular complexity index is 1970. The topological polar surface area (TPSA) is 141 Å². The number of phenols is 1. The summed E-state index contributed by atoms with van der Waals surface area (Å²) in [5.74, 6) is 2.14. The van der Waals surface area contributed by atoms with E-state index in [2.05, 4.69) is 44.5 Å². The lowest BCUT2D eigenvalue weighted by molar-refractivity contribution is -0.123. The highest BCUT2D eigenvalue weighted by Crippen LogP contribution is 2.58. The SMILES string of the molecule is C=CCOc1c(C)c2c(c3c1CC1C4c5c(cc(C)c(OC)c5O)C[C@H]([C@H](C#N)N1[C@H]3CNC(=O)[C@@H](C)NC(=S)Nc1ccccc1)N4C)OCO2. The van der Waals surface area contributed by atoms with Crippen molar-refractivity contribution in [1.29, 1.82) is 5.26 Å². The summed E-state index contributed by atoms with van der Waals surface area (Å²) < 4.78 is 24.3. The predicted molar refractivity (Wildman–Crippen MR) is 200 cm³/mol. The van der Waals surface area contributed by atoms with E-state index >= 15 is 0 Å². The number of rotatable bonds is 9. The number of fused-ring (bicyclic) bond motifs is 9. The molecule has 0 radical (unpaired) electrons. The van der Waals surface area contributed by atoms with Crippen molar-refractivity contribution in [2.24, 2.45) is 0 Å². The van der Waals surface area contributed by atoms with Crippen molar-refractivity contribution >= 4 is 28.9 Å². The predicted octanol–water partition coefficient (Wildman–Crippen LogP) is 4.57. The molecule has 2 unspecified atom stereocenters. The van der Waals surface area contributed by atoms with Gasteiger partial charge in [0.25, 0.3) is 0 Å². The van der Waals surface area contributed by atoms with Gasteiger partial charge in [-0.05, 0) is 76.1 Å². The fraction of sp³-hybridized carbons (Fsp3) is 0.410. The zero-order valence-corrected chi connectivity index (χ0v) is 30.8. The number of methoxy groups -OCH3 is 1. The third-order valence-electron chi connectivity index (χ3n) is 10.9. The second kappa shape index (κ2) is 14.2. The lowest BCUT2D eigenvalue weighted by atomic mass is 9.71. The number of carbonyl (C=O) groups is 1. The largest absolute Gasteiger partial charge is 0.504 e. The molecule has 1 amide bonds. The molecule has 4 heterocycles. The highest BCUT2D eigenvalue weighted by Gasteiger charge is 2.56. The fourth-order valence-corrected chi connectivity index (χ4v) is 8.96. The van der Waals surface area contributed by atoms with Gasteiger partial charge in [-0.1, -0.05) is 36.9 Å². The number of carbonyl (C=O) groups excluding carboxylic acids is 1. The number of thiocarbonyl (C=S) groups is 1. The van der Waals surface area contributed by atoms with Gasteiger partial charge in [0.1, 0.15) is 24.4 Å². The summed E-state index contributed by atoms with van der Waals surface area (Å²) in [6.45, 7) is 9.96. The molecule has 0 aliphatic carbocycles. The van der Waals surface area contributed by atoms with Crippen molar-refractivity contribution in [3.63, 3.8) is 0 Å². The Morgan fingerprint density at radius 1 is 1.17 bits per heavy atom. The van der Waals surface area contributed by atoms with Crippen molar-refractivity contribution in [2.75, 3.05) is 39.4 Å². The number of aryl methyl sites for hydroxylation is 1. The molecule has 0 saturated carbocycles. The molecule has 1 saturated heterocycles. The van der Waals surface area contributed by atoms with Gasteiger partial charge < -0.3 is 40.0 Å². The van der Waals surface area contributed by atoms with Crippen LogP contribution in [0.5, 0.6) is 28.7 Å². The van der Waals surface area contributed by atoms with Gasteiger partial charge in [0.05, 0.1) is 25.3 Å².